The topological polar surface area (TPSA) is 61.9 Å². The van der Waals surface area contributed by atoms with Crippen LogP contribution < -0.4 is 4.72 Å². The second-order valence-corrected chi connectivity index (χ2v) is 9.48. The molecule has 6 nitrogen and oxygen atoms in total. The smallest absolute Gasteiger partial charge is 0.279 e. The number of likely N-dealkylation sites (tertiary alicyclic amines) is 1. The van der Waals surface area contributed by atoms with Crippen molar-refractivity contribution in [2.45, 2.75) is 44.9 Å². The number of benzene rings is 1. The predicted octanol–water partition coefficient (Wildman–Crippen LogP) is 2.56. The Morgan fingerprint density at radius 3 is 2.48 bits per heavy atom. The van der Waals surface area contributed by atoms with Gasteiger partial charge in [0.2, 0.25) is 0 Å². The summed E-state index contributed by atoms with van der Waals surface area (Å²) < 4.78 is 49.8. The molecule has 27 heavy (non-hydrogen) atoms. The van der Waals surface area contributed by atoms with Crippen molar-refractivity contribution in [2.24, 2.45) is 0 Å². The van der Waals surface area contributed by atoms with Crippen molar-refractivity contribution in [2.75, 3.05) is 32.7 Å². The molecule has 1 N–H and O–H groups in total. The van der Waals surface area contributed by atoms with E-state index in [2.05, 4.69) is 9.62 Å². The van der Waals surface area contributed by atoms with Crippen LogP contribution in [0.5, 0.6) is 0 Å². The van der Waals surface area contributed by atoms with E-state index in [9.17, 15) is 12.8 Å². The first kappa shape index (κ1) is 21.0. The fourth-order valence-corrected chi connectivity index (χ4v) is 5.55. The average Bonchev–Trinajstić information content (AvgIpc) is 3.11. The Balaban J connectivity index is 1.78. The minimum Gasteiger partial charge on any atom is -0.373 e. The SMILES string of the molecule is CC1CN(S(=O)(=O)NCC(c2c(F)cccc2Cl)N2CCCC2)CC(C)O1. The lowest BCUT2D eigenvalue weighted by Gasteiger charge is -2.35. The summed E-state index contributed by atoms with van der Waals surface area (Å²) in [6, 6.07) is 4.13. The van der Waals surface area contributed by atoms with Gasteiger partial charge in [0.25, 0.3) is 10.2 Å². The zero-order valence-corrected chi connectivity index (χ0v) is 17.3. The van der Waals surface area contributed by atoms with Gasteiger partial charge < -0.3 is 4.74 Å². The maximum absolute atomic E-state index is 14.5. The largest absolute Gasteiger partial charge is 0.373 e. The highest BCUT2D eigenvalue weighted by molar-refractivity contribution is 7.87. The Kier molecular flexibility index (Phi) is 6.76. The molecule has 152 valence electrons. The first-order valence-electron chi connectivity index (χ1n) is 9.36. The lowest BCUT2D eigenvalue weighted by atomic mass is 10.0. The molecule has 3 unspecified atom stereocenters. The first-order valence-corrected chi connectivity index (χ1v) is 11.2. The molecule has 2 fully saturated rings. The molecule has 0 saturated carbocycles. The van der Waals surface area contributed by atoms with Gasteiger partial charge >= 0.3 is 0 Å². The van der Waals surface area contributed by atoms with Gasteiger partial charge in [0.15, 0.2) is 0 Å². The Morgan fingerprint density at radius 1 is 1.26 bits per heavy atom. The van der Waals surface area contributed by atoms with Crippen molar-refractivity contribution in [3.63, 3.8) is 0 Å². The number of hydrogen-bond acceptors (Lipinski definition) is 4. The maximum atomic E-state index is 14.5. The van der Waals surface area contributed by atoms with E-state index in [4.69, 9.17) is 16.3 Å². The maximum Gasteiger partial charge on any atom is 0.279 e. The summed E-state index contributed by atoms with van der Waals surface area (Å²) in [7, 11) is -3.70. The number of rotatable bonds is 6. The summed E-state index contributed by atoms with van der Waals surface area (Å²) in [6.45, 7) is 5.96. The molecule has 0 bridgehead atoms. The van der Waals surface area contributed by atoms with Crippen LogP contribution in [-0.2, 0) is 14.9 Å². The minimum absolute atomic E-state index is 0.0725. The van der Waals surface area contributed by atoms with Crippen molar-refractivity contribution in [1.82, 2.24) is 13.9 Å². The zero-order chi connectivity index (χ0) is 19.6. The predicted molar refractivity (Wildman–Crippen MR) is 103 cm³/mol. The van der Waals surface area contributed by atoms with Crippen LogP contribution in [0, 0.1) is 5.82 Å². The highest BCUT2D eigenvalue weighted by atomic mass is 35.5. The molecule has 0 amide bonds. The van der Waals surface area contributed by atoms with Gasteiger partial charge in [-0.1, -0.05) is 17.7 Å². The summed E-state index contributed by atoms with van der Waals surface area (Å²) in [5.74, 6) is -0.410. The molecule has 9 heteroatoms. The van der Waals surface area contributed by atoms with Gasteiger partial charge in [-0.15, -0.1) is 0 Å². The molecule has 2 heterocycles. The van der Waals surface area contributed by atoms with E-state index in [0.29, 0.717) is 23.7 Å². The van der Waals surface area contributed by atoms with Crippen LogP contribution >= 0.6 is 11.6 Å². The third-order valence-electron chi connectivity index (χ3n) is 5.10. The monoisotopic (exact) mass is 419 g/mol. The van der Waals surface area contributed by atoms with E-state index in [-0.39, 0.29) is 18.8 Å². The zero-order valence-electron chi connectivity index (χ0n) is 15.7. The molecule has 0 radical (unpaired) electrons. The fourth-order valence-electron chi connectivity index (χ4n) is 3.90. The van der Waals surface area contributed by atoms with Crippen LogP contribution in [-0.4, -0.2) is 62.6 Å². The third-order valence-corrected chi connectivity index (χ3v) is 6.94. The number of hydrogen-bond donors (Lipinski definition) is 1. The second-order valence-electron chi connectivity index (χ2n) is 7.32. The van der Waals surface area contributed by atoms with Gasteiger partial charge in [-0.3, -0.25) is 4.90 Å². The molecule has 0 aliphatic carbocycles. The summed E-state index contributed by atoms with van der Waals surface area (Å²) in [5.41, 5.74) is 0.354. The van der Waals surface area contributed by atoms with E-state index >= 15 is 0 Å². The lowest BCUT2D eigenvalue weighted by molar-refractivity contribution is -0.0444. The van der Waals surface area contributed by atoms with Crippen LogP contribution in [0.1, 0.15) is 38.3 Å². The molecule has 0 aromatic heterocycles. The molecule has 1 aromatic carbocycles. The summed E-state index contributed by atoms with van der Waals surface area (Å²) >= 11 is 6.27. The Bertz CT molecular complexity index is 728. The van der Waals surface area contributed by atoms with Gasteiger partial charge in [0, 0.05) is 30.2 Å². The molecular formula is C18H27ClFN3O3S. The van der Waals surface area contributed by atoms with Crippen molar-refractivity contribution >= 4 is 21.8 Å². The van der Waals surface area contributed by atoms with Crippen LogP contribution in [0.4, 0.5) is 4.39 Å². The lowest BCUT2D eigenvalue weighted by Crippen LogP contribution is -2.52. The number of morpholine rings is 1. The van der Waals surface area contributed by atoms with Gasteiger partial charge in [0.05, 0.1) is 18.2 Å². The molecule has 3 atom stereocenters. The number of nitrogens with zero attached hydrogens (tertiary/aromatic N) is 2. The van der Waals surface area contributed by atoms with Crippen LogP contribution in [0.3, 0.4) is 0 Å². The second kappa shape index (κ2) is 8.71. The summed E-state index contributed by atoms with van der Waals surface area (Å²) in [4.78, 5) is 2.09. The van der Waals surface area contributed by atoms with Gasteiger partial charge in [-0.2, -0.15) is 12.7 Å². The van der Waals surface area contributed by atoms with Crippen molar-refractivity contribution in [3.05, 3.63) is 34.6 Å². The van der Waals surface area contributed by atoms with Crippen molar-refractivity contribution in [1.29, 1.82) is 0 Å². The van der Waals surface area contributed by atoms with Crippen LogP contribution in [0.2, 0.25) is 5.02 Å². The van der Waals surface area contributed by atoms with E-state index < -0.39 is 22.1 Å². The van der Waals surface area contributed by atoms with Crippen LogP contribution in [0.25, 0.3) is 0 Å². The van der Waals surface area contributed by atoms with Crippen LogP contribution in [0.15, 0.2) is 18.2 Å². The van der Waals surface area contributed by atoms with E-state index in [1.165, 1.54) is 10.4 Å². The molecule has 3 rings (SSSR count). The Hall–Kier alpha value is -0.770. The first-order chi connectivity index (χ1) is 12.8. The minimum atomic E-state index is -3.70. The van der Waals surface area contributed by atoms with Crippen molar-refractivity contribution < 1.29 is 17.5 Å². The molecule has 1 aromatic rings. The third kappa shape index (κ3) is 4.99. The molecule has 2 aliphatic rings. The van der Waals surface area contributed by atoms with Gasteiger partial charge in [-0.05, 0) is 51.9 Å². The van der Waals surface area contributed by atoms with E-state index in [1.54, 1.807) is 12.1 Å². The van der Waals surface area contributed by atoms with Gasteiger partial charge in [0.1, 0.15) is 5.82 Å². The number of halogens is 2. The normalized spacial score (nSPS) is 26.4. The number of nitrogens with one attached hydrogen (secondary N) is 1. The highest BCUT2D eigenvalue weighted by Gasteiger charge is 2.33. The molecule has 2 aliphatic heterocycles. The standard InChI is InChI=1S/C18H27ClFN3O3S/c1-13-11-23(12-14(2)26-13)27(24,25)21-10-17(22-8-3-4-9-22)18-15(19)6-5-7-16(18)20/h5-7,13-14,17,21H,3-4,8-12H2,1-2H3. The van der Waals surface area contributed by atoms with E-state index in [1.807, 2.05) is 13.8 Å². The van der Waals surface area contributed by atoms with E-state index in [0.717, 1.165) is 25.9 Å². The Morgan fingerprint density at radius 2 is 1.89 bits per heavy atom. The number of ether oxygens (including phenoxy) is 1. The Labute approximate surface area is 165 Å². The molecule has 0 spiro atoms. The average molecular weight is 420 g/mol. The molecule has 2 saturated heterocycles. The van der Waals surface area contributed by atoms with Gasteiger partial charge in [-0.25, -0.2) is 9.11 Å². The molecular weight excluding hydrogens is 393 g/mol. The quantitative estimate of drug-likeness (QED) is 0.769. The summed E-state index contributed by atoms with van der Waals surface area (Å²) in [5, 5.41) is 0.319. The summed E-state index contributed by atoms with van der Waals surface area (Å²) in [6.07, 6.45) is 1.68. The van der Waals surface area contributed by atoms with Crippen molar-refractivity contribution in [3.8, 4) is 0 Å². The fraction of sp³-hybridized carbons (Fsp3) is 0.667. The highest BCUT2D eigenvalue weighted by Crippen LogP contribution is 2.32.